The first kappa shape index (κ1) is 15.4. The van der Waals surface area contributed by atoms with Gasteiger partial charge in [-0.05, 0) is 18.2 Å². The number of carboxylic acid groups (broad SMARTS) is 1. The van der Waals surface area contributed by atoms with E-state index in [0.717, 1.165) is 0 Å². The summed E-state index contributed by atoms with van der Waals surface area (Å²) in [5.74, 6) is -1.05. The van der Waals surface area contributed by atoms with E-state index in [1.807, 2.05) is 0 Å². The van der Waals surface area contributed by atoms with E-state index in [-0.39, 0.29) is 31.1 Å². The van der Waals surface area contributed by atoms with Gasteiger partial charge in [0.15, 0.2) is 0 Å². The van der Waals surface area contributed by atoms with Crippen LogP contribution in [0.2, 0.25) is 0 Å². The van der Waals surface area contributed by atoms with Gasteiger partial charge >= 0.3 is 5.97 Å². The number of ether oxygens (including phenoxy) is 1. The number of sulfonamides is 1. The molecular formula is C12H14BrNO5S. The molecule has 6 nitrogen and oxygen atoms in total. The van der Waals surface area contributed by atoms with Gasteiger partial charge in [-0.25, -0.2) is 8.42 Å². The summed E-state index contributed by atoms with van der Waals surface area (Å²) in [6.45, 7) is 0.523. The van der Waals surface area contributed by atoms with Gasteiger partial charge in [-0.15, -0.1) is 0 Å². The van der Waals surface area contributed by atoms with Crippen LogP contribution in [-0.2, 0) is 19.6 Å². The summed E-state index contributed by atoms with van der Waals surface area (Å²) in [5.41, 5.74) is 0. The molecular weight excluding hydrogens is 350 g/mol. The lowest BCUT2D eigenvalue weighted by atomic mass is 10.2. The maximum atomic E-state index is 12.6. The monoisotopic (exact) mass is 363 g/mol. The second-order valence-corrected chi connectivity index (χ2v) is 7.21. The Labute approximate surface area is 125 Å². The van der Waals surface area contributed by atoms with Crippen LogP contribution in [0.3, 0.4) is 0 Å². The summed E-state index contributed by atoms with van der Waals surface area (Å²) in [6.07, 6.45) is -0.271. The lowest BCUT2D eigenvalue weighted by Gasteiger charge is -2.33. The molecule has 0 spiro atoms. The Morgan fingerprint density at radius 1 is 1.50 bits per heavy atom. The van der Waals surface area contributed by atoms with Crippen LogP contribution in [-0.4, -0.2) is 49.6 Å². The number of carbonyl (C=O) groups is 1. The number of hydrogen-bond acceptors (Lipinski definition) is 4. The fourth-order valence-corrected chi connectivity index (χ4v) is 4.27. The van der Waals surface area contributed by atoms with Crippen LogP contribution in [0, 0.1) is 0 Å². The molecule has 0 aromatic heterocycles. The maximum Gasteiger partial charge on any atom is 0.305 e. The Bertz CT molecular complexity index is 604. The Morgan fingerprint density at radius 2 is 2.25 bits per heavy atom. The molecule has 0 aliphatic carbocycles. The maximum absolute atomic E-state index is 12.6. The van der Waals surface area contributed by atoms with Crippen LogP contribution in [0.4, 0.5) is 0 Å². The van der Waals surface area contributed by atoms with Crippen LogP contribution in [0.15, 0.2) is 33.6 Å². The van der Waals surface area contributed by atoms with Gasteiger partial charge in [-0.2, -0.15) is 4.31 Å². The minimum atomic E-state index is -3.72. The molecule has 0 radical (unpaired) electrons. The molecule has 1 fully saturated rings. The van der Waals surface area contributed by atoms with Gasteiger partial charge in [0.1, 0.15) is 0 Å². The molecule has 2 rings (SSSR count). The number of halogens is 1. The van der Waals surface area contributed by atoms with Crippen molar-refractivity contribution in [2.45, 2.75) is 17.4 Å². The lowest BCUT2D eigenvalue weighted by molar-refractivity contribution is -0.139. The normalized spacial score (nSPS) is 20.8. The molecule has 1 unspecified atom stereocenters. The molecule has 20 heavy (non-hydrogen) atoms. The number of aliphatic carboxylic acids is 1. The largest absolute Gasteiger partial charge is 0.481 e. The van der Waals surface area contributed by atoms with Crippen molar-refractivity contribution in [2.24, 2.45) is 0 Å². The zero-order valence-electron chi connectivity index (χ0n) is 10.5. The Kier molecular flexibility index (Phi) is 4.79. The van der Waals surface area contributed by atoms with E-state index in [1.54, 1.807) is 12.1 Å². The third-order valence-electron chi connectivity index (χ3n) is 2.99. The number of hydrogen-bond donors (Lipinski definition) is 1. The molecule has 1 saturated heterocycles. The van der Waals surface area contributed by atoms with Gasteiger partial charge in [-0.3, -0.25) is 4.79 Å². The first-order valence-corrected chi connectivity index (χ1v) is 8.21. The summed E-state index contributed by atoms with van der Waals surface area (Å²) in [6, 6.07) is 5.68. The highest BCUT2D eigenvalue weighted by Crippen LogP contribution is 2.24. The van der Waals surface area contributed by atoms with E-state index in [0.29, 0.717) is 4.47 Å². The van der Waals surface area contributed by atoms with Crippen LogP contribution < -0.4 is 0 Å². The van der Waals surface area contributed by atoms with Crippen molar-refractivity contribution in [2.75, 3.05) is 19.8 Å². The van der Waals surface area contributed by atoms with Gasteiger partial charge in [0.2, 0.25) is 10.0 Å². The van der Waals surface area contributed by atoms with E-state index < -0.39 is 22.0 Å². The number of nitrogens with zero attached hydrogens (tertiary/aromatic N) is 1. The quantitative estimate of drug-likeness (QED) is 0.871. The minimum absolute atomic E-state index is 0.0968. The summed E-state index contributed by atoms with van der Waals surface area (Å²) in [5, 5.41) is 8.88. The van der Waals surface area contributed by atoms with Crippen LogP contribution in [0.1, 0.15) is 6.42 Å². The van der Waals surface area contributed by atoms with Crippen molar-refractivity contribution < 1.29 is 23.1 Å². The SMILES string of the molecule is O=C(O)CC1COCCN1S(=O)(=O)c1cccc(Br)c1. The van der Waals surface area contributed by atoms with Crippen LogP contribution >= 0.6 is 15.9 Å². The van der Waals surface area contributed by atoms with Crippen molar-refractivity contribution in [3.05, 3.63) is 28.7 Å². The number of rotatable bonds is 4. The van der Waals surface area contributed by atoms with Crippen LogP contribution in [0.5, 0.6) is 0 Å². The van der Waals surface area contributed by atoms with E-state index in [4.69, 9.17) is 9.84 Å². The molecule has 8 heteroatoms. The topological polar surface area (TPSA) is 83.9 Å². The lowest BCUT2D eigenvalue weighted by Crippen LogP contribution is -2.49. The minimum Gasteiger partial charge on any atom is -0.481 e. The standard InChI is InChI=1S/C12H14BrNO5S/c13-9-2-1-3-11(6-9)20(17,18)14-4-5-19-8-10(14)7-12(15)16/h1-3,6,10H,4-5,7-8H2,(H,15,16). The first-order chi connectivity index (χ1) is 9.41. The molecule has 1 N–H and O–H groups in total. The van der Waals surface area contributed by atoms with Crippen molar-refractivity contribution in [3.8, 4) is 0 Å². The number of morpholine rings is 1. The Balaban J connectivity index is 2.33. The fraction of sp³-hybridized carbons (Fsp3) is 0.417. The average Bonchev–Trinajstić information content (AvgIpc) is 2.38. The molecule has 110 valence electrons. The van der Waals surface area contributed by atoms with E-state index in [9.17, 15) is 13.2 Å². The first-order valence-electron chi connectivity index (χ1n) is 5.98. The second-order valence-electron chi connectivity index (χ2n) is 4.40. The van der Waals surface area contributed by atoms with Crippen LogP contribution in [0.25, 0.3) is 0 Å². The Morgan fingerprint density at radius 3 is 2.90 bits per heavy atom. The molecule has 1 aromatic carbocycles. The van der Waals surface area contributed by atoms with E-state index in [2.05, 4.69) is 15.9 Å². The Hall–Kier alpha value is -0.960. The smallest absolute Gasteiger partial charge is 0.305 e. The molecule has 1 aliphatic rings. The van der Waals surface area contributed by atoms with Gasteiger partial charge in [0, 0.05) is 11.0 Å². The molecule has 1 heterocycles. The van der Waals surface area contributed by atoms with E-state index in [1.165, 1.54) is 16.4 Å². The van der Waals surface area contributed by atoms with Crippen molar-refractivity contribution >= 4 is 31.9 Å². The second kappa shape index (κ2) is 6.21. The zero-order valence-corrected chi connectivity index (χ0v) is 12.9. The molecule has 0 bridgehead atoms. The summed E-state index contributed by atoms with van der Waals surface area (Å²) >= 11 is 3.23. The summed E-state index contributed by atoms with van der Waals surface area (Å²) in [7, 11) is -3.72. The predicted molar refractivity (Wildman–Crippen MR) is 74.9 cm³/mol. The molecule has 0 amide bonds. The van der Waals surface area contributed by atoms with Crippen molar-refractivity contribution in [1.82, 2.24) is 4.31 Å². The fourth-order valence-electron chi connectivity index (χ4n) is 2.08. The molecule has 1 atom stereocenters. The average molecular weight is 364 g/mol. The van der Waals surface area contributed by atoms with Gasteiger partial charge < -0.3 is 9.84 Å². The molecule has 1 aliphatic heterocycles. The van der Waals surface area contributed by atoms with Gasteiger partial charge in [0.05, 0.1) is 30.6 Å². The highest BCUT2D eigenvalue weighted by atomic mass is 79.9. The van der Waals surface area contributed by atoms with Gasteiger partial charge in [0.25, 0.3) is 0 Å². The van der Waals surface area contributed by atoms with E-state index >= 15 is 0 Å². The zero-order chi connectivity index (χ0) is 14.8. The molecule has 1 aromatic rings. The number of benzene rings is 1. The highest BCUT2D eigenvalue weighted by molar-refractivity contribution is 9.10. The molecule has 0 saturated carbocycles. The number of carboxylic acids is 1. The summed E-state index contributed by atoms with van der Waals surface area (Å²) in [4.78, 5) is 11.0. The summed E-state index contributed by atoms with van der Waals surface area (Å²) < 4.78 is 32.2. The third-order valence-corrected chi connectivity index (χ3v) is 5.43. The van der Waals surface area contributed by atoms with Crippen molar-refractivity contribution in [1.29, 1.82) is 0 Å². The third kappa shape index (κ3) is 3.38. The predicted octanol–water partition coefficient (Wildman–Crippen LogP) is 1.31. The van der Waals surface area contributed by atoms with Gasteiger partial charge in [-0.1, -0.05) is 22.0 Å². The van der Waals surface area contributed by atoms with Crippen molar-refractivity contribution in [3.63, 3.8) is 0 Å². The highest BCUT2D eigenvalue weighted by Gasteiger charge is 2.35.